The number of carbonyl (C=O) groups excluding carboxylic acids is 2. The molecule has 1 aromatic carbocycles. The molecule has 0 atom stereocenters. The van der Waals surface area contributed by atoms with Crippen molar-refractivity contribution >= 4 is 40.6 Å². The molecule has 2 aromatic rings. The summed E-state index contributed by atoms with van der Waals surface area (Å²) in [6, 6.07) is 4.62. The molecule has 0 bridgehead atoms. The Morgan fingerprint density at radius 3 is 2.23 bits per heavy atom. The van der Waals surface area contributed by atoms with Gasteiger partial charge in [0.2, 0.25) is 0 Å². The van der Waals surface area contributed by atoms with Crippen LogP contribution in [0, 0.1) is 0 Å². The van der Waals surface area contributed by atoms with Crippen LogP contribution >= 0.6 is 22.9 Å². The maximum absolute atomic E-state index is 11.7. The Kier molecular flexibility index (Phi) is 5.35. The molecule has 0 aliphatic rings. The molecule has 22 heavy (non-hydrogen) atoms. The van der Waals surface area contributed by atoms with Crippen molar-refractivity contribution in [3.8, 4) is 0 Å². The second kappa shape index (κ2) is 7.24. The summed E-state index contributed by atoms with van der Waals surface area (Å²) in [4.78, 5) is 28.2. The summed E-state index contributed by atoms with van der Waals surface area (Å²) in [5, 5.41) is 3.11. The smallest absolute Gasteiger partial charge is 0.337 e. The van der Waals surface area contributed by atoms with Crippen LogP contribution < -0.4 is 5.32 Å². The zero-order valence-electron chi connectivity index (χ0n) is 11.9. The molecule has 1 N–H and O–H groups in total. The summed E-state index contributed by atoms with van der Waals surface area (Å²) < 4.78 is 9.82. The Bertz CT molecular complexity index is 668. The third-order valence-corrected chi connectivity index (χ3v) is 3.88. The van der Waals surface area contributed by atoms with Gasteiger partial charge in [-0.15, -0.1) is 11.3 Å². The number of ether oxygens (including phenoxy) is 2. The van der Waals surface area contributed by atoms with Crippen LogP contribution in [0.15, 0.2) is 24.4 Å². The summed E-state index contributed by atoms with van der Waals surface area (Å²) >= 11 is 7.12. The minimum Gasteiger partial charge on any atom is -0.465 e. The molecule has 0 saturated carbocycles. The predicted octanol–water partition coefficient (Wildman–Crippen LogP) is 2.98. The number of esters is 2. The molecule has 2 rings (SSSR count). The largest absolute Gasteiger partial charge is 0.465 e. The molecule has 116 valence electrons. The molecule has 0 spiro atoms. The van der Waals surface area contributed by atoms with E-state index in [1.807, 2.05) is 0 Å². The van der Waals surface area contributed by atoms with Crippen molar-refractivity contribution in [2.45, 2.75) is 6.54 Å². The lowest BCUT2D eigenvalue weighted by Gasteiger charge is -2.09. The van der Waals surface area contributed by atoms with Crippen LogP contribution in [0.3, 0.4) is 0 Å². The van der Waals surface area contributed by atoms with E-state index >= 15 is 0 Å². The van der Waals surface area contributed by atoms with Crippen molar-refractivity contribution < 1.29 is 19.1 Å². The first kappa shape index (κ1) is 16.3. The molecule has 0 aliphatic heterocycles. The first-order chi connectivity index (χ1) is 10.5. The highest BCUT2D eigenvalue weighted by atomic mass is 35.5. The van der Waals surface area contributed by atoms with Crippen molar-refractivity contribution in [1.82, 2.24) is 4.98 Å². The highest BCUT2D eigenvalue weighted by molar-refractivity contribution is 7.15. The van der Waals surface area contributed by atoms with Crippen molar-refractivity contribution in [2.75, 3.05) is 19.5 Å². The van der Waals surface area contributed by atoms with Crippen molar-refractivity contribution in [2.24, 2.45) is 0 Å². The van der Waals surface area contributed by atoms with Crippen LogP contribution in [0.2, 0.25) is 4.47 Å². The van der Waals surface area contributed by atoms with E-state index in [4.69, 9.17) is 11.6 Å². The van der Waals surface area contributed by atoms with Gasteiger partial charge in [0.15, 0.2) is 4.47 Å². The standard InChI is InChI=1S/C14H13ClN2O4S/c1-20-12(18)8-3-9(13(19)21-2)5-10(4-8)16-6-11-7-17-14(15)22-11/h3-5,7,16H,6H2,1-2H3. The lowest BCUT2D eigenvalue weighted by molar-refractivity contribution is 0.0599. The van der Waals surface area contributed by atoms with E-state index in [2.05, 4.69) is 19.8 Å². The van der Waals surface area contributed by atoms with Gasteiger partial charge in [0.25, 0.3) is 0 Å². The van der Waals surface area contributed by atoms with Crippen LogP contribution in [0.1, 0.15) is 25.6 Å². The van der Waals surface area contributed by atoms with Crippen LogP contribution in [0.25, 0.3) is 0 Å². The number of halogens is 1. The number of hydrogen-bond acceptors (Lipinski definition) is 7. The Morgan fingerprint density at radius 2 is 1.77 bits per heavy atom. The summed E-state index contributed by atoms with van der Waals surface area (Å²) in [7, 11) is 2.55. The summed E-state index contributed by atoms with van der Waals surface area (Å²) in [6.45, 7) is 0.468. The van der Waals surface area contributed by atoms with E-state index < -0.39 is 11.9 Å². The van der Waals surface area contributed by atoms with Crippen LogP contribution in [0.4, 0.5) is 5.69 Å². The van der Waals surface area contributed by atoms with Crippen LogP contribution in [-0.4, -0.2) is 31.1 Å². The van der Waals surface area contributed by atoms with E-state index in [-0.39, 0.29) is 11.1 Å². The fraction of sp³-hybridized carbons (Fsp3) is 0.214. The fourth-order valence-corrected chi connectivity index (χ4v) is 2.67. The Morgan fingerprint density at radius 1 is 1.18 bits per heavy atom. The predicted molar refractivity (Wildman–Crippen MR) is 83.6 cm³/mol. The van der Waals surface area contributed by atoms with E-state index in [1.165, 1.54) is 31.6 Å². The van der Waals surface area contributed by atoms with Gasteiger partial charge in [-0.1, -0.05) is 11.6 Å². The number of nitrogens with one attached hydrogen (secondary N) is 1. The molecule has 0 saturated heterocycles. The van der Waals surface area contributed by atoms with Gasteiger partial charge < -0.3 is 14.8 Å². The number of carbonyl (C=O) groups is 2. The third kappa shape index (κ3) is 3.96. The molecular formula is C14H13ClN2O4S. The monoisotopic (exact) mass is 340 g/mol. The van der Waals surface area contributed by atoms with Crippen LogP contribution in [0.5, 0.6) is 0 Å². The lowest BCUT2D eigenvalue weighted by atomic mass is 10.1. The Balaban J connectivity index is 2.24. The minimum absolute atomic E-state index is 0.259. The molecule has 0 radical (unpaired) electrons. The first-order valence-corrected chi connectivity index (χ1v) is 7.38. The van der Waals surface area contributed by atoms with E-state index in [0.717, 1.165) is 4.88 Å². The van der Waals surface area contributed by atoms with Gasteiger partial charge in [-0.25, -0.2) is 14.6 Å². The van der Waals surface area contributed by atoms with Gasteiger partial charge in [-0.2, -0.15) is 0 Å². The van der Waals surface area contributed by atoms with Gasteiger partial charge in [0, 0.05) is 16.8 Å². The molecule has 8 heteroatoms. The number of nitrogens with zero attached hydrogens (tertiary/aromatic N) is 1. The van der Waals surface area contributed by atoms with E-state index in [0.29, 0.717) is 16.7 Å². The zero-order valence-corrected chi connectivity index (χ0v) is 13.5. The molecule has 6 nitrogen and oxygen atoms in total. The highest BCUT2D eigenvalue weighted by Gasteiger charge is 2.14. The average molecular weight is 341 g/mol. The van der Waals surface area contributed by atoms with E-state index in [9.17, 15) is 9.59 Å². The molecule has 1 heterocycles. The van der Waals surface area contributed by atoms with Crippen molar-refractivity contribution in [3.05, 3.63) is 44.9 Å². The van der Waals surface area contributed by atoms with Crippen molar-refractivity contribution in [1.29, 1.82) is 0 Å². The topological polar surface area (TPSA) is 77.5 Å². The van der Waals surface area contributed by atoms with Gasteiger partial charge in [-0.3, -0.25) is 0 Å². The maximum Gasteiger partial charge on any atom is 0.337 e. The quantitative estimate of drug-likeness (QED) is 0.843. The molecule has 0 amide bonds. The Hall–Kier alpha value is -2.12. The Labute approximate surface area is 136 Å². The number of benzene rings is 1. The maximum atomic E-state index is 11.7. The number of hydrogen-bond donors (Lipinski definition) is 1. The number of anilines is 1. The fourth-order valence-electron chi connectivity index (χ4n) is 1.76. The first-order valence-electron chi connectivity index (χ1n) is 6.19. The zero-order chi connectivity index (χ0) is 16.1. The number of methoxy groups -OCH3 is 2. The number of thiazole rings is 1. The number of rotatable bonds is 5. The van der Waals surface area contributed by atoms with Crippen molar-refractivity contribution in [3.63, 3.8) is 0 Å². The molecule has 0 fully saturated rings. The normalized spacial score (nSPS) is 10.1. The van der Waals surface area contributed by atoms with Gasteiger partial charge in [0.05, 0.1) is 31.9 Å². The highest BCUT2D eigenvalue weighted by Crippen LogP contribution is 2.21. The van der Waals surface area contributed by atoms with E-state index in [1.54, 1.807) is 18.3 Å². The van der Waals surface area contributed by atoms with Crippen LogP contribution in [-0.2, 0) is 16.0 Å². The van der Waals surface area contributed by atoms with Gasteiger partial charge in [-0.05, 0) is 18.2 Å². The summed E-state index contributed by atoms with van der Waals surface area (Å²) in [5.41, 5.74) is 1.11. The molecule has 0 unspecified atom stereocenters. The summed E-state index contributed by atoms with van der Waals surface area (Å²) in [5.74, 6) is -1.07. The average Bonchev–Trinajstić information content (AvgIpc) is 2.96. The minimum atomic E-state index is -0.533. The number of aromatic nitrogens is 1. The third-order valence-electron chi connectivity index (χ3n) is 2.77. The molecular weight excluding hydrogens is 328 g/mol. The molecule has 0 aliphatic carbocycles. The lowest BCUT2D eigenvalue weighted by Crippen LogP contribution is -2.08. The molecule has 1 aromatic heterocycles. The van der Waals surface area contributed by atoms with Gasteiger partial charge >= 0.3 is 11.9 Å². The van der Waals surface area contributed by atoms with Gasteiger partial charge in [0.1, 0.15) is 0 Å². The second-order valence-corrected chi connectivity index (χ2v) is 5.91. The second-order valence-electron chi connectivity index (χ2n) is 4.22. The SMILES string of the molecule is COC(=O)c1cc(NCc2cnc(Cl)s2)cc(C(=O)OC)c1. The summed E-state index contributed by atoms with van der Waals surface area (Å²) in [6.07, 6.45) is 1.66.